The van der Waals surface area contributed by atoms with E-state index < -0.39 is 49.3 Å². The average molecular weight is 420 g/mol. The summed E-state index contributed by atoms with van der Waals surface area (Å²) in [5.41, 5.74) is 0.0525. The van der Waals surface area contributed by atoms with Gasteiger partial charge in [-0.15, -0.1) is 0 Å². The number of carbonyl (C=O) groups excluding carboxylic acids is 3. The van der Waals surface area contributed by atoms with E-state index in [2.05, 4.69) is 11.3 Å². The van der Waals surface area contributed by atoms with Gasteiger partial charge in [0.15, 0.2) is 6.10 Å². The standard InChI is InChI=1S/C19H26F2O8/c1-12(2)17(23)29-14(10-27-16(22)9-13-5-3-7-25-13)11-28-18(24)19(20,21)15-6-4-8-26-15/h13-15H,1,3-11H2,2H3. The predicted octanol–water partition coefficient (Wildman–Crippen LogP) is 1.94. The molecular weight excluding hydrogens is 394 g/mol. The molecule has 0 bridgehead atoms. The highest BCUT2D eigenvalue weighted by Crippen LogP contribution is 2.30. The molecule has 0 aromatic heterocycles. The molecule has 3 atom stereocenters. The van der Waals surface area contributed by atoms with Crippen LogP contribution in [0.2, 0.25) is 0 Å². The van der Waals surface area contributed by atoms with E-state index in [1.165, 1.54) is 6.92 Å². The Morgan fingerprint density at radius 3 is 2.34 bits per heavy atom. The van der Waals surface area contributed by atoms with Crippen molar-refractivity contribution in [1.82, 2.24) is 0 Å². The molecule has 2 rings (SSSR count). The minimum atomic E-state index is -3.82. The molecule has 0 aromatic carbocycles. The van der Waals surface area contributed by atoms with Crippen molar-refractivity contribution in [1.29, 1.82) is 0 Å². The minimum Gasteiger partial charge on any atom is -0.462 e. The van der Waals surface area contributed by atoms with Crippen LogP contribution in [0, 0.1) is 0 Å². The molecule has 8 nitrogen and oxygen atoms in total. The lowest BCUT2D eigenvalue weighted by Crippen LogP contribution is -2.44. The number of hydrogen-bond acceptors (Lipinski definition) is 8. The van der Waals surface area contributed by atoms with Crippen molar-refractivity contribution >= 4 is 17.9 Å². The molecule has 29 heavy (non-hydrogen) atoms. The molecule has 0 spiro atoms. The molecular formula is C19H26F2O8. The molecule has 3 unspecified atom stereocenters. The van der Waals surface area contributed by atoms with E-state index >= 15 is 0 Å². The van der Waals surface area contributed by atoms with Crippen molar-refractivity contribution in [2.24, 2.45) is 0 Å². The smallest absolute Gasteiger partial charge is 0.380 e. The SMILES string of the molecule is C=C(C)C(=O)OC(COC(=O)CC1CCCO1)COC(=O)C(F)(F)C1CCCO1. The van der Waals surface area contributed by atoms with Gasteiger partial charge in [0.25, 0.3) is 0 Å². The third-order valence-electron chi connectivity index (χ3n) is 4.48. The topological polar surface area (TPSA) is 97.4 Å². The van der Waals surface area contributed by atoms with E-state index in [1.807, 2.05) is 0 Å². The number of rotatable bonds is 10. The van der Waals surface area contributed by atoms with Gasteiger partial charge in [-0.25, -0.2) is 9.59 Å². The van der Waals surface area contributed by atoms with Crippen LogP contribution in [0.1, 0.15) is 39.0 Å². The van der Waals surface area contributed by atoms with E-state index in [0.29, 0.717) is 13.0 Å². The molecule has 0 saturated carbocycles. The van der Waals surface area contributed by atoms with Crippen LogP contribution < -0.4 is 0 Å². The first kappa shape index (κ1) is 23.2. The lowest BCUT2D eigenvalue weighted by molar-refractivity contribution is -0.194. The van der Waals surface area contributed by atoms with Crippen LogP contribution in [0.5, 0.6) is 0 Å². The van der Waals surface area contributed by atoms with E-state index in [9.17, 15) is 23.2 Å². The van der Waals surface area contributed by atoms with Gasteiger partial charge < -0.3 is 23.7 Å². The highest BCUT2D eigenvalue weighted by atomic mass is 19.3. The van der Waals surface area contributed by atoms with Crippen molar-refractivity contribution < 1.29 is 46.8 Å². The molecule has 0 radical (unpaired) electrons. The van der Waals surface area contributed by atoms with E-state index in [0.717, 1.165) is 12.8 Å². The van der Waals surface area contributed by atoms with Gasteiger partial charge in [-0.05, 0) is 32.6 Å². The second kappa shape index (κ2) is 10.6. The normalized spacial score (nSPS) is 22.7. The number of ether oxygens (including phenoxy) is 5. The Morgan fingerprint density at radius 1 is 1.10 bits per heavy atom. The predicted molar refractivity (Wildman–Crippen MR) is 94.1 cm³/mol. The molecule has 2 aliphatic heterocycles. The third-order valence-corrected chi connectivity index (χ3v) is 4.48. The maximum atomic E-state index is 14.1. The van der Waals surface area contributed by atoms with Crippen LogP contribution in [0.4, 0.5) is 8.78 Å². The average Bonchev–Trinajstić information content (AvgIpc) is 3.37. The Bertz CT molecular complexity index is 609. The molecule has 0 aliphatic carbocycles. The van der Waals surface area contributed by atoms with Gasteiger partial charge in [0.05, 0.1) is 12.5 Å². The summed E-state index contributed by atoms with van der Waals surface area (Å²) in [6.07, 6.45) is -0.957. The van der Waals surface area contributed by atoms with Crippen LogP contribution in [0.25, 0.3) is 0 Å². The maximum Gasteiger partial charge on any atom is 0.380 e. The van der Waals surface area contributed by atoms with Crippen molar-refractivity contribution in [3.8, 4) is 0 Å². The fraction of sp³-hybridized carbons (Fsp3) is 0.737. The minimum absolute atomic E-state index is 0.0258. The summed E-state index contributed by atoms with van der Waals surface area (Å²) in [7, 11) is 0. The third kappa shape index (κ3) is 7.04. The van der Waals surface area contributed by atoms with Gasteiger partial charge in [0.1, 0.15) is 19.3 Å². The molecule has 2 saturated heterocycles. The summed E-state index contributed by atoms with van der Waals surface area (Å²) in [6.45, 7) is 4.37. The Labute approximate surface area is 167 Å². The maximum absolute atomic E-state index is 14.1. The van der Waals surface area contributed by atoms with Gasteiger partial charge in [0, 0.05) is 18.8 Å². The molecule has 10 heteroatoms. The molecule has 0 amide bonds. The Balaban J connectivity index is 1.87. The summed E-state index contributed by atoms with van der Waals surface area (Å²) in [5, 5.41) is 0. The number of alkyl halides is 2. The first-order valence-corrected chi connectivity index (χ1v) is 9.50. The number of carbonyl (C=O) groups is 3. The van der Waals surface area contributed by atoms with E-state index in [1.54, 1.807) is 0 Å². The van der Waals surface area contributed by atoms with Gasteiger partial charge in [-0.3, -0.25) is 4.79 Å². The molecule has 2 fully saturated rings. The lowest BCUT2D eigenvalue weighted by atomic mass is 10.1. The number of halogens is 2. The first-order chi connectivity index (χ1) is 13.7. The van der Waals surface area contributed by atoms with Crippen molar-refractivity contribution in [2.75, 3.05) is 26.4 Å². The summed E-state index contributed by atoms with van der Waals surface area (Å²) >= 11 is 0. The largest absolute Gasteiger partial charge is 0.462 e. The second-order valence-electron chi connectivity index (χ2n) is 7.05. The Morgan fingerprint density at radius 2 is 1.76 bits per heavy atom. The molecule has 0 N–H and O–H groups in total. The summed E-state index contributed by atoms with van der Waals surface area (Å²) in [6, 6.07) is 0. The summed E-state index contributed by atoms with van der Waals surface area (Å²) in [4.78, 5) is 35.4. The van der Waals surface area contributed by atoms with E-state index in [-0.39, 0.29) is 31.1 Å². The van der Waals surface area contributed by atoms with Crippen molar-refractivity contribution in [3.63, 3.8) is 0 Å². The zero-order valence-electron chi connectivity index (χ0n) is 16.3. The van der Waals surface area contributed by atoms with Crippen LogP contribution in [-0.2, 0) is 38.1 Å². The quantitative estimate of drug-likeness (QED) is 0.301. The Kier molecular flexibility index (Phi) is 8.51. The van der Waals surface area contributed by atoms with Gasteiger partial charge in [0.2, 0.25) is 0 Å². The van der Waals surface area contributed by atoms with Gasteiger partial charge >= 0.3 is 23.8 Å². The number of esters is 3. The van der Waals surface area contributed by atoms with Gasteiger partial charge in [-0.2, -0.15) is 8.78 Å². The summed E-state index contributed by atoms with van der Waals surface area (Å²) in [5.74, 6) is -7.03. The van der Waals surface area contributed by atoms with Crippen LogP contribution >= 0.6 is 0 Å². The zero-order chi connectivity index (χ0) is 21.4. The monoisotopic (exact) mass is 420 g/mol. The molecule has 2 aliphatic rings. The Hall–Kier alpha value is -2.07. The first-order valence-electron chi connectivity index (χ1n) is 9.50. The number of hydrogen-bond donors (Lipinski definition) is 0. The van der Waals surface area contributed by atoms with Crippen molar-refractivity contribution in [2.45, 2.75) is 63.3 Å². The fourth-order valence-electron chi connectivity index (χ4n) is 2.86. The molecule has 2 heterocycles. The van der Waals surface area contributed by atoms with Crippen LogP contribution in [0.3, 0.4) is 0 Å². The van der Waals surface area contributed by atoms with Gasteiger partial charge in [-0.1, -0.05) is 6.58 Å². The van der Waals surface area contributed by atoms with Crippen LogP contribution in [0.15, 0.2) is 12.2 Å². The molecule has 164 valence electrons. The highest BCUT2D eigenvalue weighted by Gasteiger charge is 2.51. The lowest BCUT2D eigenvalue weighted by Gasteiger charge is -2.23. The highest BCUT2D eigenvalue weighted by molar-refractivity contribution is 5.87. The second-order valence-corrected chi connectivity index (χ2v) is 7.05. The van der Waals surface area contributed by atoms with Crippen LogP contribution in [-0.4, -0.2) is 68.6 Å². The molecule has 0 aromatic rings. The summed E-state index contributed by atoms with van der Waals surface area (Å²) < 4.78 is 53.0. The van der Waals surface area contributed by atoms with E-state index in [4.69, 9.17) is 18.9 Å². The van der Waals surface area contributed by atoms with Crippen molar-refractivity contribution in [3.05, 3.63) is 12.2 Å². The zero-order valence-corrected chi connectivity index (χ0v) is 16.3. The fourth-order valence-corrected chi connectivity index (χ4v) is 2.86.